The van der Waals surface area contributed by atoms with Crippen molar-refractivity contribution in [1.29, 1.82) is 0 Å². The summed E-state index contributed by atoms with van der Waals surface area (Å²) in [5, 5.41) is 17.1. The quantitative estimate of drug-likeness (QED) is 0.0506. The highest BCUT2D eigenvalue weighted by Crippen LogP contribution is 2.35. The average molecular weight is 1450 g/mol. The molecule has 4 aromatic carbocycles. The van der Waals surface area contributed by atoms with Crippen molar-refractivity contribution >= 4 is 93.1 Å². The molecule has 8 rings (SSSR count). The Morgan fingerprint density at radius 3 is 1.08 bits per heavy atom. The van der Waals surface area contributed by atoms with Gasteiger partial charge in [0.05, 0.1) is 12.1 Å². The first-order valence-electron chi connectivity index (χ1n) is 34.6. The molecule has 4 aliphatic rings. The molecule has 26 heteroatoms. The summed E-state index contributed by atoms with van der Waals surface area (Å²) < 4.78 is 11.0. The summed E-state index contributed by atoms with van der Waals surface area (Å²) in [5.74, 6) is -4.23. The minimum atomic E-state index is -1.17. The van der Waals surface area contributed by atoms with Crippen LogP contribution in [0.15, 0.2) is 97.1 Å². The number of hydrogen-bond acceptors (Lipinski definition) is 14. The number of likely N-dealkylation sites (tertiary alicyclic amines) is 2. The van der Waals surface area contributed by atoms with E-state index in [2.05, 4.69) is 31.9 Å². The second kappa shape index (κ2) is 33.5. The Bertz CT molecular complexity index is 3540. The van der Waals surface area contributed by atoms with Crippen LogP contribution in [0.3, 0.4) is 0 Å². The van der Waals surface area contributed by atoms with Gasteiger partial charge in [-0.3, -0.25) is 57.7 Å². The van der Waals surface area contributed by atoms with E-state index in [4.69, 9.17) is 32.7 Å². The van der Waals surface area contributed by atoms with Gasteiger partial charge in [-0.05, 0) is 212 Å². The van der Waals surface area contributed by atoms with Crippen molar-refractivity contribution in [3.8, 4) is 0 Å². The molecule has 1 unspecified atom stereocenters. The third kappa shape index (κ3) is 21.1. The van der Waals surface area contributed by atoms with Crippen molar-refractivity contribution in [3.05, 3.63) is 142 Å². The number of likely N-dealkylation sites (N-methyl/N-ethyl adjacent to an activating group) is 2. The number of ether oxygens (including phenoxy) is 2. The van der Waals surface area contributed by atoms with Gasteiger partial charge in [-0.2, -0.15) is 0 Å². The maximum absolute atomic E-state index is 15.0. The van der Waals surface area contributed by atoms with Crippen molar-refractivity contribution in [2.45, 2.75) is 220 Å². The number of hydrogen-bond donors (Lipinski definition) is 6. The Hall–Kier alpha value is -8.90. The molecule has 2 aliphatic heterocycles. The average Bonchev–Trinajstić information content (AvgIpc) is 1.61. The first kappa shape index (κ1) is 80.4. The van der Waals surface area contributed by atoms with E-state index in [1.54, 1.807) is 83.1 Å². The lowest BCUT2D eigenvalue weighted by atomic mass is 9.85. The number of nitrogens with zero attached hydrogens (tertiary/aromatic N) is 4. The Balaban J connectivity index is 0.00000110. The normalized spacial score (nSPS) is 19.9. The van der Waals surface area contributed by atoms with E-state index in [1.807, 2.05) is 48.5 Å². The van der Waals surface area contributed by atoms with Crippen LogP contribution in [0.1, 0.15) is 211 Å². The molecule has 0 bridgehead atoms. The van der Waals surface area contributed by atoms with Crippen LogP contribution < -0.4 is 31.9 Å². The third-order valence-electron chi connectivity index (χ3n) is 18.6. The van der Waals surface area contributed by atoms with Gasteiger partial charge in [0.1, 0.15) is 47.5 Å². The van der Waals surface area contributed by atoms with E-state index in [0.29, 0.717) is 24.0 Å². The summed E-state index contributed by atoms with van der Waals surface area (Å²) >= 11 is 10.4. The van der Waals surface area contributed by atoms with Crippen molar-refractivity contribution in [2.24, 2.45) is 10.8 Å². The lowest BCUT2D eigenvalue weighted by Gasteiger charge is -2.37. The minimum Gasteiger partial charge on any atom is -0.444 e. The van der Waals surface area contributed by atoms with Crippen molar-refractivity contribution < 1.29 is 67.0 Å². The number of rotatable bonds is 18. The number of aryl methyl sites for hydroxylation is 2. The number of halogens is 2. The predicted octanol–water partition coefficient (Wildman–Crippen LogP) is 9.49. The molecule has 2 fully saturated rings. The minimum absolute atomic E-state index is 0.0437. The summed E-state index contributed by atoms with van der Waals surface area (Å²) in [6.45, 7) is 23.9. The number of fused-ring (bicyclic) bond motifs is 2. The van der Waals surface area contributed by atoms with Crippen molar-refractivity contribution in [2.75, 3.05) is 27.2 Å². The topological polar surface area (TPSA) is 308 Å². The van der Waals surface area contributed by atoms with E-state index < -0.39 is 140 Å². The molecule has 0 radical (unpaired) electrons. The maximum Gasteiger partial charge on any atom is 0.410 e. The van der Waals surface area contributed by atoms with Crippen LogP contribution >= 0.6 is 23.2 Å². The zero-order valence-corrected chi connectivity index (χ0v) is 62.9. The molecule has 0 spiro atoms. The fourth-order valence-electron chi connectivity index (χ4n) is 12.7. The molecule has 2 heterocycles. The van der Waals surface area contributed by atoms with E-state index >= 15 is 9.59 Å². The summed E-state index contributed by atoms with van der Waals surface area (Å²) in [7, 11) is 2.87. The lowest BCUT2D eigenvalue weighted by molar-refractivity contribution is -0.144. The molecule has 24 nitrogen and oxygen atoms in total. The summed E-state index contributed by atoms with van der Waals surface area (Å²) in [4.78, 5) is 168. The van der Waals surface area contributed by atoms with Gasteiger partial charge in [-0.25, -0.2) is 9.59 Å². The molecule has 2 aliphatic carbocycles. The van der Waals surface area contributed by atoms with Gasteiger partial charge in [0, 0.05) is 61.5 Å². The van der Waals surface area contributed by atoms with Crippen molar-refractivity contribution in [1.82, 2.24) is 51.5 Å². The number of nitrogens with one attached hydrogen (secondary N) is 6. The van der Waals surface area contributed by atoms with Gasteiger partial charge in [-0.15, -0.1) is 0 Å². The maximum atomic E-state index is 15.0. The number of benzene rings is 4. The molecule has 0 saturated carbocycles. The smallest absolute Gasteiger partial charge is 0.410 e. The molecule has 2 saturated heterocycles. The van der Waals surface area contributed by atoms with E-state index in [-0.39, 0.29) is 49.1 Å². The van der Waals surface area contributed by atoms with Crippen LogP contribution in [0.4, 0.5) is 9.59 Å². The molecule has 0 aromatic heterocycles. The van der Waals surface area contributed by atoms with Crippen LogP contribution in [-0.4, -0.2) is 176 Å². The van der Waals surface area contributed by atoms with Crippen LogP contribution in [0.2, 0.25) is 0 Å². The van der Waals surface area contributed by atoms with Crippen LogP contribution in [0, 0.1) is 10.8 Å². The molecular weight excluding hydrogens is 1350 g/mol. The SMILES string of the molecule is C[C@@H](C(=O)N[C@H](C(=O)N1C[C@@H](NC(=O)c2ccc(C(=O)N[C@H]3C[C@@H](C(=O)N[C@@H]4CCCc5ccccc54)N(C(=O)[C@@H](NC(=O)[C@H](C)N(C)C(=O)OC(C)(C)C)C(C)(C)C)C3)cc2)C[C@H]1C(=O)NC1CCCc2ccccc21)C(C)(C)C)N(C)C(=O)OC(C)(C)C.O=C(Cl)c1ccc(C(=O)Cl)cc1. The molecule has 102 heavy (non-hydrogen) atoms. The van der Waals surface area contributed by atoms with Gasteiger partial charge < -0.3 is 51.2 Å². The Morgan fingerprint density at radius 1 is 0.461 bits per heavy atom. The van der Waals surface area contributed by atoms with Gasteiger partial charge in [-0.1, -0.05) is 90.1 Å². The fraction of sp³-hybridized carbons (Fsp3) is 0.526. The largest absolute Gasteiger partial charge is 0.444 e. The first-order chi connectivity index (χ1) is 47.5. The van der Waals surface area contributed by atoms with Gasteiger partial charge in [0.15, 0.2) is 0 Å². The molecule has 10 atom stereocenters. The standard InChI is InChI=1S/C68H96N10O12.C8H4Cl2O2/c1-39(75(15)63(87)89-67(9,10)11)55(79)73-53(65(3,4)5)61(85)77-37-45(35-51(77)59(83)71-49-29-21-25-41-23-17-19-27-47(41)49)69-57(81)43-31-33-44(34-32-43)58(82)70-46-36-52(60(84)72-50-30-22-26-42-24-18-20-28-48(42)50)78(38-46)62(86)54(66(6,7)8)74-56(80)40(2)76(16)64(88)90-68(12,13)14;9-7(11)5-1-2-6(4-3-5)8(10)12/h17-20,23-24,27-28,31-34,39-40,45-46,49-54H,21-22,25-26,29-30,35-38H2,1-16H3,(H,69,81)(H,70,82)(H,71,83)(H,72,84)(H,73,79)(H,74,80);1-4H/t39-,40-,45-,46-,49+,50?,51-,52-,53+,54+;/m0./s1. The number of carbonyl (C=O) groups is 12. The van der Waals surface area contributed by atoms with Crippen LogP contribution in [0.5, 0.6) is 0 Å². The Morgan fingerprint density at radius 2 is 0.775 bits per heavy atom. The summed E-state index contributed by atoms with van der Waals surface area (Å²) in [5.41, 5.74) is 1.88. The zero-order valence-electron chi connectivity index (χ0n) is 61.3. The highest BCUT2D eigenvalue weighted by Gasteiger charge is 2.49. The molecule has 552 valence electrons. The highest BCUT2D eigenvalue weighted by atomic mass is 35.5. The zero-order chi connectivity index (χ0) is 75.7. The fourth-order valence-corrected chi connectivity index (χ4v) is 13.0. The molecular formula is C76H100Cl2N10O14. The number of amides is 10. The molecule has 4 aromatic rings. The van der Waals surface area contributed by atoms with Gasteiger partial charge in [0.25, 0.3) is 22.3 Å². The second-order valence-corrected chi connectivity index (χ2v) is 31.7. The second-order valence-electron chi connectivity index (χ2n) is 31.0. The van der Waals surface area contributed by atoms with Crippen molar-refractivity contribution in [3.63, 3.8) is 0 Å². The summed E-state index contributed by atoms with van der Waals surface area (Å²) in [6, 6.07) is 18.9. The van der Waals surface area contributed by atoms with Crippen LogP contribution in [0.25, 0.3) is 0 Å². The molecule has 10 amide bonds. The molecule has 6 N–H and O–H groups in total. The highest BCUT2D eigenvalue weighted by molar-refractivity contribution is 6.68. The Labute approximate surface area is 608 Å². The first-order valence-corrected chi connectivity index (χ1v) is 35.4. The predicted molar refractivity (Wildman–Crippen MR) is 386 cm³/mol. The summed E-state index contributed by atoms with van der Waals surface area (Å²) in [6.07, 6.45) is 3.44. The van der Waals surface area contributed by atoms with Gasteiger partial charge in [0.2, 0.25) is 35.4 Å². The van der Waals surface area contributed by atoms with E-state index in [1.165, 1.54) is 86.3 Å². The van der Waals surface area contributed by atoms with E-state index in [0.717, 1.165) is 57.7 Å². The monoisotopic (exact) mass is 1450 g/mol. The van der Waals surface area contributed by atoms with Gasteiger partial charge >= 0.3 is 12.2 Å². The van der Waals surface area contributed by atoms with Crippen LogP contribution in [-0.2, 0) is 51.1 Å². The lowest BCUT2D eigenvalue weighted by Crippen LogP contribution is -2.60. The Kier molecular flexibility index (Phi) is 26.4. The van der Waals surface area contributed by atoms with E-state index in [9.17, 15) is 47.9 Å². The number of carbonyl (C=O) groups excluding carboxylic acids is 12. The third-order valence-corrected chi connectivity index (χ3v) is 19.1.